The van der Waals surface area contributed by atoms with Crippen molar-refractivity contribution in [3.05, 3.63) is 77.9 Å². The number of anilines is 1. The second kappa shape index (κ2) is 9.35. The van der Waals surface area contributed by atoms with E-state index in [9.17, 15) is 4.79 Å². The van der Waals surface area contributed by atoms with E-state index in [-0.39, 0.29) is 18.0 Å². The van der Waals surface area contributed by atoms with Gasteiger partial charge in [0.1, 0.15) is 11.5 Å². The second-order valence-electron chi connectivity index (χ2n) is 9.92. The van der Waals surface area contributed by atoms with E-state index in [0.717, 1.165) is 72.6 Å². The summed E-state index contributed by atoms with van der Waals surface area (Å²) in [5.41, 5.74) is 11.4. The molecule has 4 aromatic rings. The summed E-state index contributed by atoms with van der Waals surface area (Å²) in [4.78, 5) is 27.2. The minimum absolute atomic E-state index is 0.0488. The molecule has 2 aliphatic heterocycles. The summed E-state index contributed by atoms with van der Waals surface area (Å²) in [6.07, 6.45) is 7.72. The van der Waals surface area contributed by atoms with Crippen LogP contribution in [0.15, 0.2) is 60.9 Å². The Bertz CT molecular complexity index is 1380. The molecular weight excluding hydrogens is 450 g/mol. The Balaban J connectivity index is 1.27. The lowest BCUT2D eigenvalue weighted by atomic mass is 9.98. The molecule has 6 rings (SSSR count). The first kappa shape index (κ1) is 22.7. The number of carbonyl (C=O) groups is 1. The van der Waals surface area contributed by atoms with Crippen molar-refractivity contribution in [2.45, 2.75) is 44.7 Å². The first-order valence-electron chi connectivity index (χ1n) is 12.8. The van der Waals surface area contributed by atoms with Crippen molar-refractivity contribution >= 4 is 17.4 Å². The highest BCUT2D eigenvalue weighted by Gasteiger charge is 2.31. The maximum absolute atomic E-state index is 13.6. The number of benzene rings is 1. The number of rotatable bonds is 4. The van der Waals surface area contributed by atoms with Crippen molar-refractivity contribution in [2.75, 3.05) is 24.5 Å². The standard InChI is InChI=1S/C28H31N7O/c1-19-17-35-26(31-27(19)33-14-12-22(29)18-33)15-24(32-35)25-9-5-6-13-34(25)28(36)23-11-10-21(16-30-23)20-7-3-2-4-8-20/h2-4,7-8,10-11,15-17,22,25H,5-6,9,12-14,18,29H2,1H3. The summed E-state index contributed by atoms with van der Waals surface area (Å²) < 4.78 is 1.84. The molecule has 0 saturated carbocycles. The molecular formula is C28H31N7O. The molecule has 36 heavy (non-hydrogen) atoms. The third-order valence-corrected chi connectivity index (χ3v) is 7.34. The van der Waals surface area contributed by atoms with Crippen LogP contribution in [0.3, 0.4) is 0 Å². The van der Waals surface area contributed by atoms with Gasteiger partial charge in [0, 0.05) is 55.3 Å². The molecule has 3 aromatic heterocycles. The molecule has 2 atom stereocenters. The van der Waals surface area contributed by atoms with Crippen LogP contribution in [-0.4, -0.2) is 56.1 Å². The largest absolute Gasteiger partial charge is 0.355 e. The zero-order chi connectivity index (χ0) is 24.6. The highest BCUT2D eigenvalue weighted by Crippen LogP contribution is 2.33. The lowest BCUT2D eigenvalue weighted by Gasteiger charge is -2.34. The molecule has 0 aliphatic carbocycles. The van der Waals surface area contributed by atoms with E-state index in [0.29, 0.717) is 12.2 Å². The number of pyridine rings is 1. The Kier molecular flexibility index (Phi) is 5.89. The van der Waals surface area contributed by atoms with Gasteiger partial charge < -0.3 is 15.5 Å². The van der Waals surface area contributed by atoms with Crippen molar-refractivity contribution < 1.29 is 4.79 Å². The van der Waals surface area contributed by atoms with Gasteiger partial charge >= 0.3 is 0 Å². The average Bonchev–Trinajstić information content (AvgIpc) is 3.54. The van der Waals surface area contributed by atoms with Gasteiger partial charge in [-0.25, -0.2) is 9.50 Å². The fourth-order valence-electron chi connectivity index (χ4n) is 5.43. The minimum atomic E-state index is -0.0903. The summed E-state index contributed by atoms with van der Waals surface area (Å²) in [5.74, 6) is 0.924. The van der Waals surface area contributed by atoms with Crippen LogP contribution in [0.2, 0.25) is 0 Å². The van der Waals surface area contributed by atoms with Crippen LogP contribution in [0, 0.1) is 6.92 Å². The molecule has 2 fully saturated rings. The van der Waals surface area contributed by atoms with Crippen LogP contribution < -0.4 is 10.6 Å². The number of fused-ring (bicyclic) bond motifs is 1. The van der Waals surface area contributed by atoms with Gasteiger partial charge in [-0.1, -0.05) is 36.4 Å². The fraction of sp³-hybridized carbons (Fsp3) is 0.357. The Morgan fingerprint density at radius 2 is 1.89 bits per heavy atom. The maximum atomic E-state index is 13.6. The van der Waals surface area contributed by atoms with Crippen LogP contribution in [0.25, 0.3) is 16.8 Å². The molecule has 8 heteroatoms. The molecule has 0 radical (unpaired) electrons. The van der Waals surface area contributed by atoms with Gasteiger partial charge in [0.25, 0.3) is 5.91 Å². The van der Waals surface area contributed by atoms with E-state index < -0.39 is 0 Å². The van der Waals surface area contributed by atoms with Gasteiger partial charge in [0.2, 0.25) is 0 Å². The molecule has 0 bridgehead atoms. The predicted octanol–water partition coefficient (Wildman–Crippen LogP) is 4.00. The first-order chi connectivity index (χ1) is 17.6. The van der Waals surface area contributed by atoms with Crippen molar-refractivity contribution in [1.82, 2.24) is 24.5 Å². The van der Waals surface area contributed by atoms with Gasteiger partial charge in [-0.3, -0.25) is 9.78 Å². The SMILES string of the molecule is Cc1cn2nc(C3CCCCN3C(=O)c3ccc(-c4ccccc4)cn3)cc2nc1N1CCC(N)C1. The highest BCUT2D eigenvalue weighted by molar-refractivity contribution is 5.93. The molecule has 5 heterocycles. The number of hydrogen-bond acceptors (Lipinski definition) is 6. The Labute approximate surface area is 210 Å². The lowest BCUT2D eigenvalue weighted by Crippen LogP contribution is -2.39. The molecule has 2 unspecified atom stereocenters. The predicted molar refractivity (Wildman–Crippen MR) is 140 cm³/mol. The number of piperidine rings is 1. The summed E-state index contributed by atoms with van der Waals surface area (Å²) in [7, 11) is 0. The monoisotopic (exact) mass is 481 g/mol. The maximum Gasteiger partial charge on any atom is 0.273 e. The minimum Gasteiger partial charge on any atom is -0.355 e. The number of carbonyl (C=O) groups excluding carboxylic acids is 1. The van der Waals surface area contributed by atoms with Crippen LogP contribution in [-0.2, 0) is 0 Å². The van der Waals surface area contributed by atoms with E-state index in [1.54, 1.807) is 6.20 Å². The number of aryl methyl sites for hydroxylation is 1. The molecule has 1 aromatic carbocycles. The quantitative estimate of drug-likeness (QED) is 0.474. The van der Waals surface area contributed by atoms with E-state index in [1.165, 1.54) is 0 Å². The van der Waals surface area contributed by atoms with Gasteiger partial charge in [0.05, 0.1) is 11.7 Å². The summed E-state index contributed by atoms with van der Waals surface area (Å²) >= 11 is 0. The molecule has 2 N–H and O–H groups in total. The molecule has 2 saturated heterocycles. The Morgan fingerprint density at radius 3 is 2.64 bits per heavy atom. The summed E-state index contributed by atoms with van der Waals surface area (Å²) in [5, 5.41) is 4.86. The van der Waals surface area contributed by atoms with E-state index >= 15 is 0 Å². The van der Waals surface area contributed by atoms with Gasteiger partial charge in [0.15, 0.2) is 5.65 Å². The number of amides is 1. The number of hydrogen-bond donors (Lipinski definition) is 1. The average molecular weight is 482 g/mol. The zero-order valence-electron chi connectivity index (χ0n) is 20.5. The summed E-state index contributed by atoms with van der Waals surface area (Å²) in [6, 6.07) is 16.0. The first-order valence-corrected chi connectivity index (χ1v) is 12.8. The molecule has 184 valence electrons. The highest BCUT2D eigenvalue weighted by atomic mass is 16.2. The van der Waals surface area contributed by atoms with Crippen LogP contribution in [0.4, 0.5) is 5.82 Å². The van der Waals surface area contributed by atoms with Crippen LogP contribution in [0.1, 0.15) is 53.5 Å². The lowest BCUT2D eigenvalue weighted by molar-refractivity contribution is 0.0599. The molecule has 2 aliphatic rings. The van der Waals surface area contributed by atoms with Gasteiger partial charge in [-0.2, -0.15) is 5.10 Å². The number of likely N-dealkylation sites (tertiary alicyclic amines) is 1. The second-order valence-corrected chi connectivity index (χ2v) is 9.92. The number of nitrogens with two attached hydrogens (primary N) is 1. The Hall–Kier alpha value is -3.78. The smallest absolute Gasteiger partial charge is 0.273 e. The fourth-order valence-corrected chi connectivity index (χ4v) is 5.43. The zero-order valence-corrected chi connectivity index (χ0v) is 20.5. The van der Waals surface area contributed by atoms with Crippen molar-refractivity contribution in [3.63, 3.8) is 0 Å². The third-order valence-electron chi connectivity index (χ3n) is 7.34. The number of nitrogens with zero attached hydrogens (tertiary/aromatic N) is 6. The molecule has 8 nitrogen and oxygen atoms in total. The normalized spacial score (nSPS) is 20.3. The number of aromatic nitrogens is 4. The Morgan fingerprint density at radius 1 is 1.03 bits per heavy atom. The molecule has 1 amide bonds. The molecule has 0 spiro atoms. The summed E-state index contributed by atoms with van der Waals surface area (Å²) in [6.45, 7) is 4.51. The van der Waals surface area contributed by atoms with Gasteiger partial charge in [-0.15, -0.1) is 0 Å². The van der Waals surface area contributed by atoms with Crippen LogP contribution in [0.5, 0.6) is 0 Å². The van der Waals surface area contributed by atoms with Gasteiger partial charge in [-0.05, 0) is 44.2 Å². The van der Waals surface area contributed by atoms with Crippen molar-refractivity contribution in [2.24, 2.45) is 5.73 Å². The van der Waals surface area contributed by atoms with E-state index in [4.69, 9.17) is 15.8 Å². The van der Waals surface area contributed by atoms with Crippen LogP contribution >= 0.6 is 0 Å². The van der Waals surface area contributed by atoms with E-state index in [2.05, 4.69) is 16.8 Å². The van der Waals surface area contributed by atoms with Crippen molar-refractivity contribution in [3.8, 4) is 11.1 Å². The third kappa shape index (κ3) is 4.22. The van der Waals surface area contributed by atoms with E-state index in [1.807, 2.05) is 64.1 Å². The van der Waals surface area contributed by atoms with Crippen molar-refractivity contribution in [1.29, 1.82) is 0 Å². The topological polar surface area (TPSA) is 92.6 Å².